The van der Waals surface area contributed by atoms with Crippen LogP contribution in [0.3, 0.4) is 0 Å². The van der Waals surface area contributed by atoms with Gasteiger partial charge in [-0.05, 0) is 38.4 Å². The van der Waals surface area contributed by atoms with Crippen molar-refractivity contribution in [2.75, 3.05) is 25.0 Å². The normalized spacial score (nSPS) is 17.8. The molecule has 16 heavy (non-hydrogen) atoms. The van der Waals surface area contributed by atoms with Crippen molar-refractivity contribution < 1.29 is 0 Å². The van der Waals surface area contributed by atoms with Crippen LogP contribution in [0, 0.1) is 0 Å². The average Bonchev–Trinajstić information content (AvgIpc) is 2.85. The molecular formula is C13H21N3. The van der Waals surface area contributed by atoms with Gasteiger partial charge < -0.3 is 10.2 Å². The Hall–Kier alpha value is -1.09. The van der Waals surface area contributed by atoms with Crippen LogP contribution < -0.4 is 10.2 Å². The molecule has 1 aliphatic heterocycles. The summed E-state index contributed by atoms with van der Waals surface area (Å²) in [6.07, 6.45) is 5.72. The van der Waals surface area contributed by atoms with Gasteiger partial charge in [-0.15, -0.1) is 0 Å². The maximum atomic E-state index is 4.56. The largest absolute Gasteiger partial charge is 0.370 e. The predicted octanol–water partition coefficient (Wildman–Crippen LogP) is 2.35. The topological polar surface area (TPSA) is 28.2 Å². The van der Waals surface area contributed by atoms with Crippen LogP contribution in [0.5, 0.6) is 0 Å². The summed E-state index contributed by atoms with van der Waals surface area (Å²) >= 11 is 0. The SMILES string of the molecule is CCC(NC)c1ccc(N2CCCC2)cn1. The predicted molar refractivity (Wildman–Crippen MR) is 67.8 cm³/mol. The van der Waals surface area contributed by atoms with Crippen molar-refractivity contribution in [3.05, 3.63) is 24.0 Å². The molecular weight excluding hydrogens is 198 g/mol. The van der Waals surface area contributed by atoms with E-state index < -0.39 is 0 Å². The Morgan fingerprint density at radius 3 is 2.62 bits per heavy atom. The van der Waals surface area contributed by atoms with Gasteiger partial charge in [0, 0.05) is 19.1 Å². The molecule has 0 aliphatic carbocycles. The molecule has 0 amide bonds. The average molecular weight is 219 g/mol. The summed E-state index contributed by atoms with van der Waals surface area (Å²) in [6, 6.07) is 4.74. The van der Waals surface area contributed by atoms with E-state index in [9.17, 15) is 0 Å². The van der Waals surface area contributed by atoms with Crippen molar-refractivity contribution in [3.8, 4) is 0 Å². The Morgan fingerprint density at radius 2 is 2.12 bits per heavy atom. The van der Waals surface area contributed by atoms with Gasteiger partial charge in [0.25, 0.3) is 0 Å². The number of hydrogen-bond donors (Lipinski definition) is 1. The highest BCUT2D eigenvalue weighted by Gasteiger charge is 2.13. The van der Waals surface area contributed by atoms with E-state index in [1.807, 2.05) is 13.2 Å². The Morgan fingerprint density at radius 1 is 1.38 bits per heavy atom. The molecule has 0 saturated carbocycles. The lowest BCUT2D eigenvalue weighted by molar-refractivity contribution is 0.561. The molecule has 2 heterocycles. The molecule has 1 saturated heterocycles. The van der Waals surface area contributed by atoms with Crippen LogP contribution in [-0.2, 0) is 0 Å². The Bertz CT molecular complexity index is 289. The summed E-state index contributed by atoms with van der Waals surface area (Å²) in [5.41, 5.74) is 2.42. The Labute approximate surface area is 97.9 Å². The molecule has 0 radical (unpaired) electrons. The van der Waals surface area contributed by atoms with Gasteiger partial charge in [-0.1, -0.05) is 6.92 Å². The summed E-state index contributed by atoms with van der Waals surface area (Å²) in [5.74, 6) is 0. The maximum absolute atomic E-state index is 4.56. The standard InChI is InChI=1S/C13H21N3/c1-3-12(14-2)13-7-6-11(10-15-13)16-8-4-5-9-16/h6-7,10,12,14H,3-5,8-9H2,1-2H3. The fraction of sp³-hybridized carbons (Fsp3) is 0.615. The third-order valence-electron chi connectivity index (χ3n) is 3.36. The minimum Gasteiger partial charge on any atom is -0.370 e. The fourth-order valence-electron chi connectivity index (χ4n) is 2.33. The highest BCUT2D eigenvalue weighted by Crippen LogP contribution is 2.21. The molecule has 1 fully saturated rings. The lowest BCUT2D eigenvalue weighted by Gasteiger charge is -2.19. The van der Waals surface area contributed by atoms with E-state index in [0.29, 0.717) is 6.04 Å². The Balaban J connectivity index is 2.09. The smallest absolute Gasteiger partial charge is 0.0574 e. The number of nitrogens with one attached hydrogen (secondary N) is 1. The second-order valence-corrected chi connectivity index (χ2v) is 4.38. The van der Waals surface area contributed by atoms with Gasteiger partial charge in [-0.3, -0.25) is 4.98 Å². The summed E-state index contributed by atoms with van der Waals surface area (Å²) in [6.45, 7) is 4.55. The van der Waals surface area contributed by atoms with Gasteiger partial charge in [0.05, 0.1) is 17.6 Å². The second-order valence-electron chi connectivity index (χ2n) is 4.38. The monoisotopic (exact) mass is 219 g/mol. The van der Waals surface area contributed by atoms with Gasteiger partial charge in [0.1, 0.15) is 0 Å². The van der Waals surface area contributed by atoms with Crippen molar-refractivity contribution in [2.24, 2.45) is 0 Å². The highest BCUT2D eigenvalue weighted by molar-refractivity contribution is 5.45. The third kappa shape index (κ3) is 2.35. The van der Waals surface area contributed by atoms with Crippen molar-refractivity contribution in [1.29, 1.82) is 0 Å². The van der Waals surface area contributed by atoms with Crippen molar-refractivity contribution in [1.82, 2.24) is 10.3 Å². The molecule has 1 N–H and O–H groups in total. The minimum atomic E-state index is 0.382. The first-order chi connectivity index (χ1) is 7.85. The van der Waals surface area contributed by atoms with Crippen LogP contribution in [0.25, 0.3) is 0 Å². The van der Waals surface area contributed by atoms with Crippen LogP contribution in [0.15, 0.2) is 18.3 Å². The summed E-state index contributed by atoms with van der Waals surface area (Å²) in [7, 11) is 1.99. The zero-order valence-corrected chi connectivity index (χ0v) is 10.2. The lowest BCUT2D eigenvalue weighted by Crippen LogP contribution is -2.19. The van der Waals surface area contributed by atoms with Crippen LogP contribution in [0.2, 0.25) is 0 Å². The number of rotatable bonds is 4. The van der Waals surface area contributed by atoms with Crippen molar-refractivity contribution in [3.63, 3.8) is 0 Å². The highest BCUT2D eigenvalue weighted by atomic mass is 15.1. The molecule has 2 rings (SSSR count). The van der Waals surface area contributed by atoms with Gasteiger partial charge in [0.2, 0.25) is 0 Å². The molecule has 88 valence electrons. The molecule has 3 nitrogen and oxygen atoms in total. The summed E-state index contributed by atoms with van der Waals surface area (Å²) in [5, 5.41) is 3.28. The molecule has 0 spiro atoms. The van der Waals surface area contributed by atoms with Crippen LogP contribution in [0.1, 0.15) is 37.9 Å². The first-order valence-electron chi connectivity index (χ1n) is 6.23. The molecule has 1 atom stereocenters. The van der Waals surface area contributed by atoms with E-state index in [2.05, 4.69) is 34.3 Å². The lowest BCUT2D eigenvalue weighted by atomic mass is 10.1. The first-order valence-corrected chi connectivity index (χ1v) is 6.23. The van der Waals surface area contributed by atoms with Gasteiger partial charge in [0.15, 0.2) is 0 Å². The van der Waals surface area contributed by atoms with Crippen LogP contribution in [-0.4, -0.2) is 25.1 Å². The maximum Gasteiger partial charge on any atom is 0.0574 e. The van der Waals surface area contributed by atoms with Gasteiger partial charge >= 0.3 is 0 Å². The van der Waals surface area contributed by atoms with Gasteiger partial charge in [-0.25, -0.2) is 0 Å². The summed E-state index contributed by atoms with van der Waals surface area (Å²) < 4.78 is 0. The van der Waals surface area contributed by atoms with E-state index in [1.54, 1.807) is 0 Å². The molecule has 1 aliphatic rings. The molecule has 0 bridgehead atoms. The molecule has 3 heteroatoms. The Kier molecular flexibility index (Phi) is 3.78. The zero-order valence-electron chi connectivity index (χ0n) is 10.2. The number of pyridine rings is 1. The molecule has 1 aromatic heterocycles. The molecule has 1 unspecified atom stereocenters. The number of hydrogen-bond acceptors (Lipinski definition) is 3. The zero-order chi connectivity index (χ0) is 11.4. The van der Waals surface area contributed by atoms with Crippen molar-refractivity contribution >= 4 is 5.69 Å². The first kappa shape index (κ1) is 11.4. The van der Waals surface area contributed by atoms with Gasteiger partial charge in [-0.2, -0.15) is 0 Å². The minimum absolute atomic E-state index is 0.382. The van der Waals surface area contributed by atoms with Crippen molar-refractivity contribution in [2.45, 2.75) is 32.2 Å². The number of anilines is 1. The van der Waals surface area contributed by atoms with E-state index in [4.69, 9.17) is 0 Å². The van der Waals surface area contributed by atoms with E-state index in [0.717, 1.165) is 12.1 Å². The van der Waals surface area contributed by atoms with Crippen LogP contribution in [0.4, 0.5) is 5.69 Å². The quantitative estimate of drug-likeness (QED) is 0.842. The summed E-state index contributed by atoms with van der Waals surface area (Å²) in [4.78, 5) is 6.97. The number of aromatic nitrogens is 1. The van der Waals surface area contributed by atoms with E-state index in [1.165, 1.54) is 31.6 Å². The van der Waals surface area contributed by atoms with E-state index in [-0.39, 0.29) is 0 Å². The molecule has 0 aromatic carbocycles. The third-order valence-corrected chi connectivity index (χ3v) is 3.36. The second kappa shape index (κ2) is 5.30. The van der Waals surface area contributed by atoms with Crippen LogP contribution >= 0.6 is 0 Å². The van der Waals surface area contributed by atoms with E-state index >= 15 is 0 Å². The molecule has 1 aromatic rings. The fourth-order valence-corrected chi connectivity index (χ4v) is 2.33. The number of nitrogens with zero attached hydrogens (tertiary/aromatic N) is 2.